The molecule has 0 radical (unpaired) electrons. The maximum Gasteiger partial charge on any atom is 0.225 e. The summed E-state index contributed by atoms with van der Waals surface area (Å²) >= 11 is 5.75. The Kier molecular flexibility index (Phi) is 2.11. The summed E-state index contributed by atoms with van der Waals surface area (Å²) in [5.74, 6) is 0.772. The highest BCUT2D eigenvalue weighted by Crippen LogP contribution is 2.23. The summed E-state index contributed by atoms with van der Waals surface area (Å²) in [5.41, 5.74) is 2.99. The van der Waals surface area contributed by atoms with E-state index in [1.807, 2.05) is 0 Å². The van der Waals surface area contributed by atoms with Crippen molar-refractivity contribution >= 4 is 17.5 Å². The Hall–Kier alpha value is -1.13. The molecule has 2 aliphatic heterocycles. The van der Waals surface area contributed by atoms with E-state index in [1.165, 1.54) is 11.1 Å². The minimum Gasteiger partial charge on any atom is -0.333 e. The van der Waals surface area contributed by atoms with E-state index in [1.54, 1.807) is 12.4 Å². The van der Waals surface area contributed by atoms with Gasteiger partial charge in [0, 0.05) is 26.2 Å². The molecule has 0 spiro atoms. The molecule has 1 N–H and O–H groups in total. The van der Waals surface area contributed by atoms with Crippen LogP contribution >= 0.6 is 11.6 Å². The summed E-state index contributed by atoms with van der Waals surface area (Å²) in [6, 6.07) is 0. The lowest BCUT2D eigenvalue weighted by Gasteiger charge is -2.17. The normalized spacial score (nSPS) is 19.9. The van der Waals surface area contributed by atoms with Gasteiger partial charge in [-0.15, -0.1) is 0 Å². The molecule has 3 heterocycles. The van der Waals surface area contributed by atoms with E-state index in [9.17, 15) is 0 Å². The zero-order valence-corrected chi connectivity index (χ0v) is 8.96. The highest BCUT2D eigenvalue weighted by molar-refractivity contribution is 6.30. The van der Waals surface area contributed by atoms with Crippen LogP contribution < -0.4 is 10.2 Å². The van der Waals surface area contributed by atoms with Crippen LogP contribution in [0.4, 0.5) is 5.95 Å². The van der Waals surface area contributed by atoms with E-state index in [-0.39, 0.29) is 0 Å². The third-order valence-corrected chi connectivity index (χ3v) is 3.02. The molecule has 0 unspecified atom stereocenters. The van der Waals surface area contributed by atoms with Crippen molar-refractivity contribution < 1.29 is 0 Å². The molecule has 1 aromatic rings. The van der Waals surface area contributed by atoms with Crippen LogP contribution in [-0.2, 0) is 0 Å². The molecule has 0 fully saturated rings. The molecule has 15 heavy (non-hydrogen) atoms. The first-order chi connectivity index (χ1) is 7.33. The van der Waals surface area contributed by atoms with Gasteiger partial charge in [0.15, 0.2) is 0 Å². The van der Waals surface area contributed by atoms with Gasteiger partial charge in [-0.1, -0.05) is 11.6 Å². The van der Waals surface area contributed by atoms with Crippen molar-refractivity contribution in [3.63, 3.8) is 0 Å². The minimum absolute atomic E-state index is 0.583. The highest BCUT2D eigenvalue weighted by atomic mass is 35.5. The van der Waals surface area contributed by atoms with Gasteiger partial charge in [0.05, 0.1) is 17.4 Å². The Morgan fingerprint density at radius 1 is 1.13 bits per heavy atom. The predicted octanol–water partition coefficient (Wildman–Crippen LogP) is 0.850. The standard InChI is InChI=1S/C10H11ClN4/c11-9-3-13-10(14-4-9)15-5-7-1-12-2-8(7)6-15/h3-4,12H,1-2,5-6H2. The number of hydrogen-bond acceptors (Lipinski definition) is 4. The first-order valence-corrected chi connectivity index (χ1v) is 5.34. The quantitative estimate of drug-likeness (QED) is 0.716. The highest BCUT2D eigenvalue weighted by Gasteiger charge is 2.26. The maximum absolute atomic E-state index is 5.75. The molecule has 4 nitrogen and oxygen atoms in total. The lowest BCUT2D eigenvalue weighted by atomic mass is 10.2. The van der Waals surface area contributed by atoms with Crippen LogP contribution in [-0.4, -0.2) is 36.1 Å². The van der Waals surface area contributed by atoms with Crippen molar-refractivity contribution in [3.05, 3.63) is 28.6 Å². The molecule has 0 bridgehead atoms. The van der Waals surface area contributed by atoms with Gasteiger partial charge in [0.1, 0.15) is 0 Å². The SMILES string of the molecule is Clc1cnc(N2CC3=C(CNC3)C2)nc1. The van der Waals surface area contributed by atoms with E-state index in [2.05, 4.69) is 20.2 Å². The molecule has 2 aliphatic rings. The molecule has 3 rings (SSSR count). The van der Waals surface area contributed by atoms with E-state index < -0.39 is 0 Å². The van der Waals surface area contributed by atoms with Gasteiger partial charge in [-0.25, -0.2) is 9.97 Å². The molecule has 78 valence electrons. The second kappa shape index (κ2) is 3.47. The van der Waals surface area contributed by atoms with E-state index in [0.29, 0.717) is 5.02 Å². The number of halogens is 1. The van der Waals surface area contributed by atoms with Crippen LogP contribution in [0.25, 0.3) is 0 Å². The molecule has 0 saturated heterocycles. The number of hydrogen-bond donors (Lipinski definition) is 1. The lowest BCUT2D eigenvalue weighted by molar-refractivity contribution is 0.790. The van der Waals surface area contributed by atoms with Crippen LogP contribution in [0.2, 0.25) is 5.02 Å². The van der Waals surface area contributed by atoms with Crippen molar-refractivity contribution in [3.8, 4) is 0 Å². The van der Waals surface area contributed by atoms with Crippen molar-refractivity contribution in [1.82, 2.24) is 15.3 Å². The van der Waals surface area contributed by atoms with Crippen molar-refractivity contribution in [2.45, 2.75) is 0 Å². The van der Waals surface area contributed by atoms with Gasteiger partial charge >= 0.3 is 0 Å². The zero-order valence-electron chi connectivity index (χ0n) is 8.20. The molecule has 0 aromatic carbocycles. The second-order valence-electron chi connectivity index (χ2n) is 3.87. The average Bonchev–Trinajstić information content (AvgIpc) is 2.78. The van der Waals surface area contributed by atoms with E-state index in [0.717, 1.165) is 32.1 Å². The van der Waals surface area contributed by atoms with Gasteiger partial charge in [0.2, 0.25) is 5.95 Å². The van der Waals surface area contributed by atoms with Crippen LogP contribution in [0, 0.1) is 0 Å². The van der Waals surface area contributed by atoms with Gasteiger partial charge in [-0.05, 0) is 11.1 Å². The van der Waals surface area contributed by atoms with Crippen LogP contribution in [0.3, 0.4) is 0 Å². The van der Waals surface area contributed by atoms with Crippen LogP contribution in [0.5, 0.6) is 0 Å². The Morgan fingerprint density at radius 2 is 1.73 bits per heavy atom. The van der Waals surface area contributed by atoms with Crippen LogP contribution in [0.15, 0.2) is 23.5 Å². The smallest absolute Gasteiger partial charge is 0.225 e. The predicted molar refractivity (Wildman–Crippen MR) is 59.2 cm³/mol. The van der Waals surface area contributed by atoms with E-state index >= 15 is 0 Å². The summed E-state index contributed by atoms with van der Waals surface area (Å²) in [5, 5.41) is 3.93. The fourth-order valence-electron chi connectivity index (χ4n) is 2.08. The first kappa shape index (κ1) is 9.12. The Labute approximate surface area is 93.0 Å². The summed E-state index contributed by atoms with van der Waals surface area (Å²) in [7, 11) is 0. The van der Waals surface area contributed by atoms with Crippen molar-refractivity contribution in [2.75, 3.05) is 31.1 Å². The number of rotatable bonds is 1. The summed E-state index contributed by atoms with van der Waals surface area (Å²) in [6.07, 6.45) is 3.29. The third-order valence-electron chi connectivity index (χ3n) is 2.83. The summed E-state index contributed by atoms with van der Waals surface area (Å²) in [4.78, 5) is 10.6. The fraction of sp³-hybridized carbons (Fsp3) is 0.400. The van der Waals surface area contributed by atoms with Gasteiger partial charge in [-0.2, -0.15) is 0 Å². The zero-order chi connectivity index (χ0) is 10.3. The maximum atomic E-state index is 5.75. The summed E-state index contributed by atoms with van der Waals surface area (Å²) < 4.78 is 0. The molecule has 1 aromatic heterocycles. The molecular formula is C10H11ClN4. The van der Waals surface area contributed by atoms with Gasteiger partial charge < -0.3 is 10.2 Å². The molecule has 0 amide bonds. The molecular weight excluding hydrogens is 212 g/mol. The number of aromatic nitrogens is 2. The van der Waals surface area contributed by atoms with Gasteiger partial charge in [0.25, 0.3) is 0 Å². The Bertz CT molecular complexity index is 396. The molecule has 0 aliphatic carbocycles. The monoisotopic (exact) mass is 222 g/mol. The lowest BCUT2D eigenvalue weighted by Crippen LogP contribution is -2.27. The Morgan fingerprint density at radius 3 is 2.33 bits per heavy atom. The number of nitrogens with one attached hydrogen (secondary N) is 1. The number of anilines is 1. The molecule has 0 saturated carbocycles. The number of nitrogens with zero attached hydrogens (tertiary/aromatic N) is 3. The first-order valence-electron chi connectivity index (χ1n) is 4.96. The topological polar surface area (TPSA) is 41.1 Å². The van der Waals surface area contributed by atoms with Crippen LogP contribution in [0.1, 0.15) is 0 Å². The van der Waals surface area contributed by atoms with Crippen molar-refractivity contribution in [2.24, 2.45) is 0 Å². The molecule has 0 atom stereocenters. The van der Waals surface area contributed by atoms with Crippen molar-refractivity contribution in [1.29, 1.82) is 0 Å². The fourth-order valence-corrected chi connectivity index (χ4v) is 2.17. The third kappa shape index (κ3) is 1.60. The van der Waals surface area contributed by atoms with Gasteiger partial charge in [-0.3, -0.25) is 0 Å². The second-order valence-corrected chi connectivity index (χ2v) is 4.30. The molecule has 5 heteroatoms. The summed E-state index contributed by atoms with van der Waals surface area (Å²) in [6.45, 7) is 3.92. The van der Waals surface area contributed by atoms with E-state index in [4.69, 9.17) is 11.6 Å². The minimum atomic E-state index is 0.583. The largest absolute Gasteiger partial charge is 0.333 e. The Balaban J connectivity index is 1.79. The average molecular weight is 223 g/mol.